The van der Waals surface area contributed by atoms with E-state index in [0.717, 1.165) is 17.3 Å². The van der Waals surface area contributed by atoms with Gasteiger partial charge >= 0.3 is 0 Å². The average molecular weight is 242 g/mol. The predicted molar refractivity (Wildman–Crippen MR) is 69.0 cm³/mol. The lowest BCUT2D eigenvalue weighted by Crippen LogP contribution is -2.47. The summed E-state index contributed by atoms with van der Waals surface area (Å²) in [5.74, 6) is 0. The van der Waals surface area contributed by atoms with E-state index in [9.17, 15) is 0 Å². The summed E-state index contributed by atoms with van der Waals surface area (Å²) in [6.07, 6.45) is 0. The van der Waals surface area contributed by atoms with Gasteiger partial charge in [0.05, 0.1) is 12.1 Å². The predicted octanol–water partition coefficient (Wildman–Crippen LogP) is 2.70. The van der Waals surface area contributed by atoms with Gasteiger partial charge in [-0.2, -0.15) is 0 Å². The molecule has 0 radical (unpaired) electrons. The van der Waals surface area contributed by atoms with Gasteiger partial charge in [-0.05, 0) is 34.6 Å². The minimum absolute atomic E-state index is 0.177. The molecule has 1 N–H and O–H groups in total. The number of nitrogens with zero attached hydrogens (tertiary/aromatic N) is 1. The van der Waals surface area contributed by atoms with Crippen molar-refractivity contribution in [3.05, 3.63) is 16.1 Å². The standard InChI is InChI=1S/C12H22N2OS/c1-6-15-8-12(5,14-9(2)3)11-13-10(4)7-16-11/h7,9,14H,6,8H2,1-5H3. The van der Waals surface area contributed by atoms with Crippen LogP contribution in [0, 0.1) is 6.92 Å². The van der Waals surface area contributed by atoms with E-state index in [2.05, 4.69) is 36.5 Å². The molecular formula is C12H22N2OS. The maximum absolute atomic E-state index is 5.57. The summed E-state index contributed by atoms with van der Waals surface area (Å²) < 4.78 is 5.57. The molecule has 0 saturated carbocycles. The smallest absolute Gasteiger partial charge is 0.115 e. The number of rotatable bonds is 6. The number of thiazole rings is 1. The Morgan fingerprint density at radius 1 is 1.56 bits per heavy atom. The highest BCUT2D eigenvalue weighted by molar-refractivity contribution is 7.09. The van der Waals surface area contributed by atoms with Crippen LogP contribution in [0.1, 0.15) is 38.4 Å². The fourth-order valence-electron chi connectivity index (χ4n) is 1.72. The molecule has 4 heteroatoms. The molecule has 16 heavy (non-hydrogen) atoms. The van der Waals surface area contributed by atoms with Gasteiger partial charge < -0.3 is 10.1 Å². The molecule has 0 aromatic carbocycles. The molecule has 1 atom stereocenters. The van der Waals surface area contributed by atoms with E-state index in [1.165, 1.54) is 0 Å². The van der Waals surface area contributed by atoms with Crippen LogP contribution in [0.15, 0.2) is 5.38 Å². The largest absolute Gasteiger partial charge is 0.379 e. The summed E-state index contributed by atoms with van der Waals surface area (Å²) in [4.78, 5) is 4.56. The quantitative estimate of drug-likeness (QED) is 0.833. The third kappa shape index (κ3) is 3.54. The number of ether oxygens (including phenoxy) is 1. The fraction of sp³-hybridized carbons (Fsp3) is 0.750. The summed E-state index contributed by atoms with van der Waals surface area (Å²) in [5, 5.41) is 6.73. The van der Waals surface area contributed by atoms with E-state index in [1.54, 1.807) is 11.3 Å². The number of hydrogen-bond acceptors (Lipinski definition) is 4. The molecule has 0 fully saturated rings. The van der Waals surface area contributed by atoms with Gasteiger partial charge in [0.1, 0.15) is 5.01 Å². The van der Waals surface area contributed by atoms with E-state index >= 15 is 0 Å². The first-order chi connectivity index (χ1) is 7.48. The van der Waals surface area contributed by atoms with Gasteiger partial charge in [-0.1, -0.05) is 0 Å². The monoisotopic (exact) mass is 242 g/mol. The molecule has 0 aliphatic rings. The zero-order chi connectivity index (χ0) is 12.2. The van der Waals surface area contributed by atoms with Gasteiger partial charge in [0, 0.05) is 23.7 Å². The van der Waals surface area contributed by atoms with Gasteiger partial charge in [0.25, 0.3) is 0 Å². The second-order valence-electron chi connectivity index (χ2n) is 4.56. The molecular weight excluding hydrogens is 220 g/mol. The minimum Gasteiger partial charge on any atom is -0.379 e. The second kappa shape index (κ2) is 5.75. The van der Waals surface area contributed by atoms with E-state index < -0.39 is 0 Å². The molecule has 1 unspecified atom stereocenters. The van der Waals surface area contributed by atoms with Crippen LogP contribution >= 0.6 is 11.3 Å². The Hall–Kier alpha value is -0.450. The van der Waals surface area contributed by atoms with E-state index in [0.29, 0.717) is 12.6 Å². The first-order valence-corrected chi connectivity index (χ1v) is 6.64. The van der Waals surface area contributed by atoms with Gasteiger partial charge in [0.2, 0.25) is 0 Å². The highest BCUT2D eigenvalue weighted by atomic mass is 32.1. The Balaban J connectivity index is 2.85. The number of aryl methyl sites for hydroxylation is 1. The fourth-order valence-corrected chi connectivity index (χ4v) is 2.63. The molecule has 3 nitrogen and oxygen atoms in total. The lowest BCUT2D eigenvalue weighted by molar-refractivity contribution is 0.0787. The van der Waals surface area contributed by atoms with E-state index in [1.807, 2.05) is 13.8 Å². The normalized spacial score (nSPS) is 15.4. The van der Waals surface area contributed by atoms with E-state index in [4.69, 9.17) is 4.74 Å². The van der Waals surface area contributed by atoms with E-state index in [-0.39, 0.29) is 5.54 Å². The van der Waals surface area contributed by atoms with Crippen LogP contribution in [0.4, 0.5) is 0 Å². The number of hydrogen-bond donors (Lipinski definition) is 1. The SMILES string of the molecule is CCOCC(C)(NC(C)C)c1nc(C)cs1. The Morgan fingerprint density at radius 2 is 2.25 bits per heavy atom. The lowest BCUT2D eigenvalue weighted by Gasteiger charge is -2.30. The average Bonchev–Trinajstić information content (AvgIpc) is 2.61. The second-order valence-corrected chi connectivity index (χ2v) is 5.42. The van der Waals surface area contributed by atoms with Crippen molar-refractivity contribution in [3.8, 4) is 0 Å². The molecule has 0 amide bonds. The number of nitrogens with one attached hydrogen (secondary N) is 1. The maximum Gasteiger partial charge on any atom is 0.115 e. The summed E-state index contributed by atoms with van der Waals surface area (Å²) in [6.45, 7) is 11.9. The molecule has 1 aromatic rings. The topological polar surface area (TPSA) is 34.1 Å². The summed E-state index contributed by atoms with van der Waals surface area (Å²) in [6, 6.07) is 0.412. The molecule has 0 bridgehead atoms. The van der Waals surface area contributed by atoms with Crippen molar-refractivity contribution < 1.29 is 4.74 Å². The van der Waals surface area contributed by atoms with Crippen LogP contribution in [0.2, 0.25) is 0 Å². The highest BCUT2D eigenvalue weighted by Crippen LogP contribution is 2.25. The Kier molecular flexibility index (Phi) is 4.89. The Labute approximate surface area is 102 Å². The van der Waals surface area contributed by atoms with Gasteiger partial charge in [-0.25, -0.2) is 4.98 Å². The third-order valence-electron chi connectivity index (χ3n) is 2.29. The molecule has 0 saturated heterocycles. The van der Waals surface area contributed by atoms with Crippen molar-refractivity contribution in [2.24, 2.45) is 0 Å². The molecule has 0 spiro atoms. The van der Waals surface area contributed by atoms with Crippen molar-refractivity contribution in [2.75, 3.05) is 13.2 Å². The summed E-state index contributed by atoms with van der Waals surface area (Å²) in [7, 11) is 0. The zero-order valence-electron chi connectivity index (χ0n) is 10.8. The van der Waals surface area contributed by atoms with Crippen molar-refractivity contribution in [1.82, 2.24) is 10.3 Å². The Bertz CT molecular complexity index is 325. The molecule has 1 heterocycles. The molecule has 0 aliphatic carbocycles. The van der Waals surface area contributed by atoms with Crippen LogP contribution in [0.3, 0.4) is 0 Å². The zero-order valence-corrected chi connectivity index (χ0v) is 11.6. The van der Waals surface area contributed by atoms with Gasteiger partial charge in [-0.3, -0.25) is 0 Å². The molecule has 1 aromatic heterocycles. The summed E-state index contributed by atoms with van der Waals surface area (Å²) in [5.41, 5.74) is 0.900. The van der Waals surface area contributed by atoms with Crippen LogP contribution in [0.5, 0.6) is 0 Å². The van der Waals surface area contributed by atoms with Gasteiger partial charge in [0.15, 0.2) is 0 Å². The van der Waals surface area contributed by atoms with Crippen LogP contribution in [0.25, 0.3) is 0 Å². The van der Waals surface area contributed by atoms with Crippen LogP contribution < -0.4 is 5.32 Å². The molecule has 1 rings (SSSR count). The lowest BCUT2D eigenvalue weighted by atomic mass is 10.0. The van der Waals surface area contributed by atoms with Crippen LogP contribution in [-0.4, -0.2) is 24.2 Å². The van der Waals surface area contributed by atoms with Crippen molar-refractivity contribution in [3.63, 3.8) is 0 Å². The minimum atomic E-state index is -0.177. The third-order valence-corrected chi connectivity index (χ3v) is 3.52. The first-order valence-electron chi connectivity index (χ1n) is 5.76. The summed E-state index contributed by atoms with van der Waals surface area (Å²) >= 11 is 1.70. The highest BCUT2D eigenvalue weighted by Gasteiger charge is 2.30. The van der Waals surface area contributed by atoms with Crippen molar-refractivity contribution >= 4 is 11.3 Å². The van der Waals surface area contributed by atoms with Crippen molar-refractivity contribution in [1.29, 1.82) is 0 Å². The van der Waals surface area contributed by atoms with Crippen molar-refractivity contribution in [2.45, 2.75) is 46.2 Å². The van der Waals surface area contributed by atoms with Gasteiger partial charge in [-0.15, -0.1) is 11.3 Å². The Morgan fingerprint density at radius 3 is 2.69 bits per heavy atom. The maximum atomic E-state index is 5.57. The number of aromatic nitrogens is 1. The van der Waals surface area contributed by atoms with Crippen LogP contribution in [-0.2, 0) is 10.3 Å². The molecule has 0 aliphatic heterocycles. The first kappa shape index (κ1) is 13.6. The molecule has 92 valence electrons.